The molecule has 2 atom stereocenters. The van der Waals surface area contributed by atoms with Crippen LogP contribution in [0.15, 0.2) is 24.3 Å². The third kappa shape index (κ3) is 3.34. The molecule has 0 fully saturated rings. The molecule has 1 aromatic rings. The molecular formula is C15H18O4. The Morgan fingerprint density at radius 2 is 1.95 bits per heavy atom. The molecular weight excluding hydrogens is 244 g/mol. The maximum atomic E-state index is 11.2. The zero-order valence-corrected chi connectivity index (χ0v) is 11.2. The predicted octanol–water partition coefficient (Wildman–Crippen LogP) is 2.21. The lowest BCUT2D eigenvalue weighted by Gasteiger charge is -2.20. The first kappa shape index (κ1) is 13.6. The van der Waals surface area contributed by atoms with Crippen LogP contribution in [0.2, 0.25) is 0 Å². The molecule has 4 heteroatoms. The molecule has 1 aliphatic carbocycles. The van der Waals surface area contributed by atoms with Gasteiger partial charge in [-0.25, -0.2) is 0 Å². The van der Waals surface area contributed by atoms with Crippen LogP contribution >= 0.6 is 0 Å². The Morgan fingerprint density at radius 3 is 2.63 bits per heavy atom. The molecule has 0 spiro atoms. The third-order valence-corrected chi connectivity index (χ3v) is 3.38. The minimum Gasteiger partial charge on any atom is -0.466 e. The van der Waals surface area contributed by atoms with Crippen LogP contribution in [-0.2, 0) is 25.5 Å². The number of fused-ring (bicyclic) bond motifs is 1. The van der Waals surface area contributed by atoms with E-state index < -0.39 is 0 Å². The van der Waals surface area contributed by atoms with Gasteiger partial charge in [-0.3, -0.25) is 9.59 Å². The maximum absolute atomic E-state index is 11.2. The van der Waals surface area contributed by atoms with Gasteiger partial charge in [0.05, 0.1) is 6.61 Å². The molecule has 102 valence electrons. The van der Waals surface area contributed by atoms with Crippen LogP contribution in [-0.4, -0.2) is 24.6 Å². The van der Waals surface area contributed by atoms with Gasteiger partial charge >= 0.3 is 11.9 Å². The molecule has 0 heterocycles. The van der Waals surface area contributed by atoms with Gasteiger partial charge in [-0.2, -0.15) is 0 Å². The van der Waals surface area contributed by atoms with Gasteiger partial charge in [-0.15, -0.1) is 0 Å². The number of esters is 2. The SMILES string of the molecule is CC(=O)OCC[C@@H]1c2ccccc2C[C@@H]1OC(C)=O. The second kappa shape index (κ2) is 5.87. The lowest BCUT2D eigenvalue weighted by molar-refractivity contribution is -0.148. The van der Waals surface area contributed by atoms with E-state index in [4.69, 9.17) is 9.47 Å². The number of carbonyl (C=O) groups excluding carboxylic acids is 2. The van der Waals surface area contributed by atoms with Crippen molar-refractivity contribution in [2.24, 2.45) is 0 Å². The summed E-state index contributed by atoms with van der Waals surface area (Å²) in [6, 6.07) is 8.07. The van der Waals surface area contributed by atoms with Gasteiger partial charge in [0, 0.05) is 26.2 Å². The summed E-state index contributed by atoms with van der Waals surface area (Å²) in [6.45, 7) is 3.17. The van der Waals surface area contributed by atoms with E-state index in [1.54, 1.807) is 0 Å². The Hall–Kier alpha value is -1.84. The third-order valence-electron chi connectivity index (χ3n) is 3.38. The van der Waals surface area contributed by atoms with Gasteiger partial charge in [0.2, 0.25) is 0 Å². The van der Waals surface area contributed by atoms with Crippen LogP contribution in [0.1, 0.15) is 37.3 Å². The Kier molecular flexibility index (Phi) is 4.20. The molecule has 0 amide bonds. The number of ether oxygens (including phenoxy) is 2. The molecule has 1 aromatic carbocycles. The van der Waals surface area contributed by atoms with E-state index in [0.29, 0.717) is 13.0 Å². The second-order valence-electron chi connectivity index (χ2n) is 4.79. The predicted molar refractivity (Wildman–Crippen MR) is 69.7 cm³/mol. The number of rotatable bonds is 4. The molecule has 0 aliphatic heterocycles. The summed E-state index contributed by atoms with van der Waals surface area (Å²) in [7, 11) is 0. The molecule has 2 rings (SSSR count). The van der Waals surface area contributed by atoms with Crippen LogP contribution in [0.5, 0.6) is 0 Å². The Bertz CT molecular complexity index is 481. The van der Waals surface area contributed by atoms with Crippen LogP contribution in [0, 0.1) is 0 Å². The standard InChI is InChI=1S/C15H18O4/c1-10(16)18-8-7-14-13-6-4-3-5-12(13)9-15(14)19-11(2)17/h3-6,14-15H,7-9H2,1-2H3/t14-,15+/m1/s1. The van der Waals surface area contributed by atoms with E-state index in [0.717, 1.165) is 6.42 Å². The van der Waals surface area contributed by atoms with Crippen LogP contribution in [0.25, 0.3) is 0 Å². The first-order valence-corrected chi connectivity index (χ1v) is 6.46. The summed E-state index contributed by atoms with van der Waals surface area (Å²) in [4.78, 5) is 22.0. The molecule has 0 N–H and O–H groups in total. The molecule has 0 unspecified atom stereocenters. The van der Waals surface area contributed by atoms with Gasteiger partial charge in [0.25, 0.3) is 0 Å². The smallest absolute Gasteiger partial charge is 0.302 e. The maximum Gasteiger partial charge on any atom is 0.302 e. The van der Waals surface area contributed by atoms with Crippen LogP contribution < -0.4 is 0 Å². The summed E-state index contributed by atoms with van der Waals surface area (Å²) in [6.07, 6.45) is 1.26. The minimum atomic E-state index is -0.282. The number of hydrogen-bond acceptors (Lipinski definition) is 4. The average molecular weight is 262 g/mol. The average Bonchev–Trinajstić information content (AvgIpc) is 2.66. The van der Waals surface area contributed by atoms with E-state index in [2.05, 4.69) is 12.1 Å². The van der Waals surface area contributed by atoms with E-state index in [-0.39, 0.29) is 24.0 Å². The second-order valence-corrected chi connectivity index (χ2v) is 4.79. The summed E-state index contributed by atoms with van der Waals surface area (Å²) in [5.41, 5.74) is 2.41. The summed E-state index contributed by atoms with van der Waals surface area (Å²) in [5, 5.41) is 0. The first-order valence-electron chi connectivity index (χ1n) is 6.46. The van der Waals surface area contributed by atoms with Crippen molar-refractivity contribution in [3.05, 3.63) is 35.4 Å². The molecule has 0 radical (unpaired) electrons. The lowest BCUT2D eigenvalue weighted by Crippen LogP contribution is -2.22. The highest BCUT2D eigenvalue weighted by molar-refractivity contribution is 5.66. The van der Waals surface area contributed by atoms with Crippen molar-refractivity contribution in [2.45, 2.75) is 38.7 Å². The van der Waals surface area contributed by atoms with E-state index in [1.807, 2.05) is 12.1 Å². The zero-order chi connectivity index (χ0) is 13.8. The summed E-state index contributed by atoms with van der Waals surface area (Å²) < 4.78 is 10.4. The fourth-order valence-electron chi connectivity index (χ4n) is 2.65. The Balaban J connectivity index is 2.09. The van der Waals surface area contributed by atoms with Gasteiger partial charge < -0.3 is 9.47 Å². The summed E-state index contributed by atoms with van der Waals surface area (Å²) in [5.74, 6) is -0.440. The largest absolute Gasteiger partial charge is 0.466 e. The van der Waals surface area contributed by atoms with Crippen molar-refractivity contribution >= 4 is 11.9 Å². The highest BCUT2D eigenvalue weighted by Gasteiger charge is 2.34. The van der Waals surface area contributed by atoms with E-state index in [1.165, 1.54) is 25.0 Å². The van der Waals surface area contributed by atoms with Gasteiger partial charge in [0.1, 0.15) is 6.10 Å². The molecule has 0 saturated carbocycles. The van der Waals surface area contributed by atoms with Crippen LogP contribution in [0.3, 0.4) is 0 Å². The highest BCUT2D eigenvalue weighted by atomic mass is 16.5. The molecule has 19 heavy (non-hydrogen) atoms. The topological polar surface area (TPSA) is 52.6 Å². The van der Waals surface area contributed by atoms with Crippen LogP contribution in [0.4, 0.5) is 0 Å². The van der Waals surface area contributed by atoms with E-state index in [9.17, 15) is 9.59 Å². The molecule has 1 aliphatic rings. The van der Waals surface area contributed by atoms with Crippen molar-refractivity contribution in [1.29, 1.82) is 0 Å². The molecule has 4 nitrogen and oxygen atoms in total. The zero-order valence-electron chi connectivity index (χ0n) is 11.2. The first-order chi connectivity index (χ1) is 9.08. The molecule has 0 saturated heterocycles. The van der Waals surface area contributed by atoms with Crippen molar-refractivity contribution in [3.8, 4) is 0 Å². The summed E-state index contributed by atoms with van der Waals surface area (Å²) >= 11 is 0. The monoisotopic (exact) mass is 262 g/mol. The van der Waals surface area contributed by atoms with Crippen molar-refractivity contribution in [1.82, 2.24) is 0 Å². The highest BCUT2D eigenvalue weighted by Crippen LogP contribution is 2.37. The van der Waals surface area contributed by atoms with Crippen molar-refractivity contribution in [3.63, 3.8) is 0 Å². The number of benzene rings is 1. The van der Waals surface area contributed by atoms with Crippen molar-refractivity contribution in [2.75, 3.05) is 6.61 Å². The van der Waals surface area contributed by atoms with Crippen molar-refractivity contribution < 1.29 is 19.1 Å². The fraction of sp³-hybridized carbons (Fsp3) is 0.467. The molecule has 0 bridgehead atoms. The van der Waals surface area contributed by atoms with E-state index >= 15 is 0 Å². The minimum absolute atomic E-state index is 0.111. The fourth-order valence-corrected chi connectivity index (χ4v) is 2.65. The number of hydrogen-bond donors (Lipinski definition) is 0. The normalized spacial score (nSPS) is 20.7. The van der Waals surface area contributed by atoms with Gasteiger partial charge in [-0.05, 0) is 17.5 Å². The van der Waals surface area contributed by atoms with Gasteiger partial charge in [-0.1, -0.05) is 24.3 Å². The quantitative estimate of drug-likeness (QED) is 0.781. The Morgan fingerprint density at radius 1 is 1.21 bits per heavy atom. The lowest BCUT2D eigenvalue weighted by atomic mass is 9.96. The Labute approximate surface area is 112 Å². The van der Waals surface area contributed by atoms with Gasteiger partial charge in [0.15, 0.2) is 0 Å². The molecule has 0 aromatic heterocycles. The number of carbonyl (C=O) groups is 2.